The zero-order valence-electron chi connectivity index (χ0n) is 15.9. The molecule has 0 fully saturated rings. The first-order chi connectivity index (χ1) is 14.0. The van der Waals surface area contributed by atoms with E-state index in [1.54, 1.807) is 29.2 Å². The molecule has 1 heterocycles. The van der Waals surface area contributed by atoms with Crippen LogP contribution in [0.15, 0.2) is 48.5 Å². The predicted octanol–water partition coefficient (Wildman–Crippen LogP) is 4.24. The van der Waals surface area contributed by atoms with Crippen molar-refractivity contribution in [1.82, 2.24) is 0 Å². The first kappa shape index (κ1) is 22.4. The smallest absolute Gasteiger partial charge is 0.428 e. The van der Waals surface area contributed by atoms with Crippen LogP contribution in [-0.2, 0) is 20.0 Å². The Morgan fingerprint density at radius 3 is 1.57 bits per heavy atom. The highest BCUT2D eigenvalue weighted by atomic mass is 32.3. The molecule has 0 bridgehead atoms. The summed E-state index contributed by atoms with van der Waals surface area (Å²) in [6.07, 6.45) is 0.852. The van der Waals surface area contributed by atoms with E-state index in [0.29, 0.717) is 17.9 Å². The third-order valence-electron chi connectivity index (χ3n) is 4.45. The van der Waals surface area contributed by atoms with E-state index in [-0.39, 0.29) is 6.54 Å². The number of hydrogen-bond acceptors (Lipinski definition) is 6. The van der Waals surface area contributed by atoms with E-state index in [4.69, 9.17) is 0 Å². The molecule has 30 heavy (non-hydrogen) atoms. The Labute approximate surface area is 173 Å². The molecular formula is C18H19F3N3O4S2-. The SMILES string of the molecule is CCCN1c2ccccc2N(CCS(=O)(=O)[N-]S(=O)(=O)C(F)(F)F)c2ccccc21. The lowest BCUT2D eigenvalue weighted by Gasteiger charge is -2.40. The van der Waals surface area contributed by atoms with Gasteiger partial charge in [0.1, 0.15) is 0 Å². The minimum atomic E-state index is -6.14. The monoisotopic (exact) mass is 462 g/mol. The molecule has 7 nitrogen and oxygen atoms in total. The molecule has 3 rings (SSSR count). The molecule has 0 radical (unpaired) electrons. The highest BCUT2D eigenvalue weighted by Crippen LogP contribution is 2.47. The fourth-order valence-electron chi connectivity index (χ4n) is 3.24. The van der Waals surface area contributed by atoms with Gasteiger partial charge in [-0.1, -0.05) is 31.2 Å². The number of fused-ring (bicyclic) bond motifs is 2. The van der Waals surface area contributed by atoms with Gasteiger partial charge in [0.15, 0.2) is 10.0 Å². The number of nitrogens with zero attached hydrogens (tertiary/aromatic N) is 3. The molecule has 2 aromatic carbocycles. The van der Waals surface area contributed by atoms with E-state index in [2.05, 4.69) is 9.03 Å². The lowest BCUT2D eigenvalue weighted by molar-refractivity contribution is -0.0425. The van der Waals surface area contributed by atoms with Crippen LogP contribution < -0.4 is 9.80 Å². The lowest BCUT2D eigenvalue weighted by atomic mass is 10.1. The number of para-hydroxylation sites is 4. The van der Waals surface area contributed by atoms with Crippen LogP contribution in [0.5, 0.6) is 0 Å². The normalized spacial score (nSPS) is 14.4. The quantitative estimate of drug-likeness (QED) is 0.612. The largest absolute Gasteiger partial charge is 0.480 e. The predicted molar refractivity (Wildman–Crippen MR) is 109 cm³/mol. The average Bonchev–Trinajstić information content (AvgIpc) is 2.65. The van der Waals surface area contributed by atoms with Crippen molar-refractivity contribution in [2.45, 2.75) is 18.9 Å². The summed E-state index contributed by atoms with van der Waals surface area (Å²) < 4.78 is 86.0. The van der Waals surface area contributed by atoms with Crippen molar-refractivity contribution < 1.29 is 30.0 Å². The van der Waals surface area contributed by atoms with Gasteiger partial charge >= 0.3 is 5.51 Å². The van der Waals surface area contributed by atoms with Crippen molar-refractivity contribution in [3.05, 3.63) is 52.7 Å². The van der Waals surface area contributed by atoms with E-state index >= 15 is 0 Å². The maximum Gasteiger partial charge on any atom is 0.480 e. The van der Waals surface area contributed by atoms with Crippen LogP contribution in [0.2, 0.25) is 0 Å². The molecule has 0 spiro atoms. The van der Waals surface area contributed by atoms with Gasteiger partial charge in [0.25, 0.3) is 0 Å². The van der Waals surface area contributed by atoms with Gasteiger partial charge in [-0.15, -0.1) is 0 Å². The first-order valence-electron chi connectivity index (χ1n) is 8.98. The molecule has 0 saturated carbocycles. The van der Waals surface area contributed by atoms with Crippen LogP contribution in [0.1, 0.15) is 13.3 Å². The highest BCUT2D eigenvalue weighted by molar-refractivity contribution is 8.12. The molecule has 0 N–H and O–H groups in total. The summed E-state index contributed by atoms with van der Waals surface area (Å²) in [5.74, 6) is -0.904. The topological polar surface area (TPSA) is 88.9 Å². The second-order valence-electron chi connectivity index (χ2n) is 6.56. The van der Waals surface area contributed by atoms with Crippen molar-refractivity contribution in [1.29, 1.82) is 0 Å². The van der Waals surface area contributed by atoms with E-state index in [9.17, 15) is 30.0 Å². The summed E-state index contributed by atoms with van der Waals surface area (Å²) in [6.45, 7) is 2.46. The Morgan fingerprint density at radius 1 is 0.800 bits per heavy atom. The fourth-order valence-corrected chi connectivity index (χ4v) is 5.49. The molecule has 0 unspecified atom stereocenters. The molecule has 1 aliphatic heterocycles. The molecule has 0 aliphatic carbocycles. The van der Waals surface area contributed by atoms with Gasteiger partial charge in [0.2, 0.25) is 0 Å². The Kier molecular flexibility index (Phi) is 6.03. The molecular weight excluding hydrogens is 443 g/mol. The summed E-state index contributed by atoms with van der Waals surface area (Å²) >= 11 is 0. The third kappa shape index (κ3) is 4.40. The van der Waals surface area contributed by atoms with E-state index in [1.165, 1.54) is 0 Å². The molecule has 12 heteroatoms. The number of anilines is 4. The Morgan fingerprint density at radius 2 is 1.20 bits per heavy atom. The lowest BCUT2D eigenvalue weighted by Crippen LogP contribution is -2.33. The average molecular weight is 462 g/mol. The zero-order chi connectivity index (χ0) is 22.2. The summed E-state index contributed by atoms with van der Waals surface area (Å²) in [5, 5.41) is 0. The standard InChI is InChI=1S/C18H19F3N3O4S2/c1-2-11-23-14-7-3-5-9-16(14)24(17-10-6-4-8-15(17)23)12-13-29(25,26)22-30(27,28)18(19,20)21/h3-10H,2,11-13H2,1H3/q-1. The summed E-state index contributed by atoms with van der Waals surface area (Å²) in [5.41, 5.74) is -2.81. The number of hydrogen-bond donors (Lipinski definition) is 0. The van der Waals surface area contributed by atoms with E-state index in [1.807, 2.05) is 31.2 Å². The second kappa shape index (κ2) is 8.08. The summed E-state index contributed by atoms with van der Waals surface area (Å²) in [4.78, 5) is 3.72. The highest BCUT2D eigenvalue weighted by Gasteiger charge is 2.40. The van der Waals surface area contributed by atoms with Crippen molar-refractivity contribution in [3.8, 4) is 0 Å². The summed E-state index contributed by atoms with van der Waals surface area (Å²) in [7, 11) is -11.0. The van der Waals surface area contributed by atoms with Gasteiger partial charge in [0.05, 0.1) is 38.5 Å². The van der Waals surface area contributed by atoms with Crippen LogP contribution in [-0.4, -0.2) is 41.2 Å². The van der Waals surface area contributed by atoms with Crippen LogP contribution in [0.3, 0.4) is 0 Å². The van der Waals surface area contributed by atoms with Crippen molar-refractivity contribution in [2.24, 2.45) is 0 Å². The number of benzene rings is 2. The zero-order valence-corrected chi connectivity index (χ0v) is 17.5. The minimum Gasteiger partial charge on any atom is -0.428 e. The summed E-state index contributed by atoms with van der Waals surface area (Å²) in [6, 6.07) is 14.4. The van der Waals surface area contributed by atoms with Crippen molar-refractivity contribution >= 4 is 42.8 Å². The molecule has 0 saturated heterocycles. The van der Waals surface area contributed by atoms with Gasteiger partial charge in [-0.3, -0.25) is 0 Å². The van der Waals surface area contributed by atoms with Crippen LogP contribution in [0, 0.1) is 0 Å². The Hall–Kier alpha value is -2.31. The van der Waals surface area contributed by atoms with Crippen LogP contribution in [0.4, 0.5) is 35.9 Å². The number of alkyl halides is 3. The van der Waals surface area contributed by atoms with Gasteiger partial charge in [0, 0.05) is 13.1 Å². The molecule has 164 valence electrons. The molecule has 1 aliphatic rings. The Bertz CT molecular complexity index is 1090. The maximum absolute atomic E-state index is 12.5. The van der Waals surface area contributed by atoms with Crippen LogP contribution >= 0.6 is 0 Å². The van der Waals surface area contributed by atoms with Crippen LogP contribution in [0.25, 0.3) is 4.13 Å². The van der Waals surface area contributed by atoms with Gasteiger partial charge in [-0.25, -0.2) is 16.8 Å². The second-order valence-corrected chi connectivity index (χ2v) is 10.1. The molecule has 2 aromatic rings. The number of sulfonamides is 2. The first-order valence-corrected chi connectivity index (χ1v) is 12.0. The minimum absolute atomic E-state index is 0.271. The molecule has 0 atom stereocenters. The molecule has 0 amide bonds. The fraction of sp³-hybridized carbons (Fsp3) is 0.333. The van der Waals surface area contributed by atoms with E-state index < -0.39 is 31.3 Å². The van der Waals surface area contributed by atoms with E-state index in [0.717, 1.165) is 17.8 Å². The van der Waals surface area contributed by atoms with Gasteiger partial charge in [-0.05, 0) is 30.7 Å². The van der Waals surface area contributed by atoms with Gasteiger partial charge < -0.3 is 13.9 Å². The van der Waals surface area contributed by atoms with Gasteiger partial charge in [-0.2, -0.15) is 13.2 Å². The van der Waals surface area contributed by atoms with Crippen molar-refractivity contribution in [3.63, 3.8) is 0 Å². The number of halogens is 3. The third-order valence-corrected chi connectivity index (χ3v) is 7.43. The Balaban J connectivity index is 1.93. The van der Waals surface area contributed by atoms with Crippen molar-refractivity contribution in [2.75, 3.05) is 28.6 Å². The molecule has 0 aromatic heterocycles. The maximum atomic E-state index is 12.5. The number of rotatable bonds is 7.